The van der Waals surface area contributed by atoms with Crippen molar-refractivity contribution in [3.8, 4) is 0 Å². The second-order valence-corrected chi connectivity index (χ2v) is 7.49. The Morgan fingerprint density at radius 1 is 1.18 bits per heavy atom. The average molecular weight is 380 g/mol. The van der Waals surface area contributed by atoms with Crippen molar-refractivity contribution in [1.29, 1.82) is 0 Å². The van der Waals surface area contributed by atoms with Gasteiger partial charge in [0.1, 0.15) is 5.82 Å². The Hall–Kier alpha value is -3.22. The molecule has 0 atom stereocenters. The van der Waals surface area contributed by atoms with Crippen LogP contribution >= 0.6 is 0 Å². The second kappa shape index (κ2) is 7.80. The highest BCUT2D eigenvalue weighted by molar-refractivity contribution is 5.85. The lowest BCUT2D eigenvalue weighted by molar-refractivity contribution is 0.0511. The first-order valence-electron chi connectivity index (χ1n) is 9.19. The van der Waals surface area contributed by atoms with Crippen molar-refractivity contribution in [2.75, 3.05) is 11.9 Å². The van der Waals surface area contributed by atoms with Crippen LogP contribution in [0, 0.1) is 0 Å². The second-order valence-electron chi connectivity index (χ2n) is 7.49. The minimum atomic E-state index is -0.559. The van der Waals surface area contributed by atoms with Crippen LogP contribution in [0.5, 0.6) is 0 Å². The lowest BCUT2D eigenvalue weighted by Gasteiger charge is -2.19. The molecule has 7 nitrogen and oxygen atoms in total. The van der Waals surface area contributed by atoms with Crippen LogP contribution in [0.25, 0.3) is 10.9 Å². The number of fused-ring (bicyclic) bond motifs is 1. The number of carbonyl (C=O) groups is 1. The molecule has 3 rings (SSSR count). The summed E-state index contributed by atoms with van der Waals surface area (Å²) >= 11 is 0. The summed E-state index contributed by atoms with van der Waals surface area (Å²) in [6, 6.07) is 10.7. The molecule has 0 bridgehead atoms. The predicted octanol–water partition coefficient (Wildman–Crippen LogP) is 3.40. The van der Waals surface area contributed by atoms with E-state index in [2.05, 4.69) is 20.3 Å². The normalized spacial score (nSPS) is 11.4. The number of hydrogen-bond donors (Lipinski definition) is 2. The lowest BCUT2D eigenvalue weighted by atomic mass is 9.92. The predicted molar refractivity (Wildman–Crippen MR) is 109 cm³/mol. The topological polar surface area (TPSA) is 97.0 Å². The van der Waals surface area contributed by atoms with Crippen LogP contribution < -0.4 is 10.7 Å². The third-order valence-electron chi connectivity index (χ3n) is 4.21. The highest BCUT2D eigenvalue weighted by Gasteiger charge is 2.21. The fraction of sp³-hybridized carbons (Fsp3) is 0.333. The van der Waals surface area contributed by atoms with Crippen molar-refractivity contribution in [2.45, 2.75) is 39.7 Å². The third-order valence-corrected chi connectivity index (χ3v) is 4.21. The molecule has 0 fully saturated rings. The zero-order valence-corrected chi connectivity index (χ0v) is 16.5. The summed E-state index contributed by atoms with van der Waals surface area (Å²) < 4.78 is 5.04. The molecular formula is C21H24N4O3. The molecule has 0 spiro atoms. The number of esters is 1. The first kappa shape index (κ1) is 19.5. The van der Waals surface area contributed by atoms with Gasteiger partial charge >= 0.3 is 5.97 Å². The summed E-state index contributed by atoms with van der Waals surface area (Å²) in [5.74, 6) is -0.0449. The summed E-state index contributed by atoms with van der Waals surface area (Å²) in [6.07, 6.45) is 0. The molecule has 2 heterocycles. The third kappa shape index (κ3) is 4.36. The van der Waals surface area contributed by atoms with Crippen LogP contribution in [0.4, 0.5) is 5.82 Å². The molecule has 0 unspecified atom stereocenters. The number of carbonyl (C=O) groups excluding carboxylic acids is 1. The van der Waals surface area contributed by atoms with E-state index in [1.807, 2.05) is 45.0 Å². The average Bonchev–Trinajstić information content (AvgIpc) is 2.66. The van der Waals surface area contributed by atoms with E-state index < -0.39 is 5.97 Å². The van der Waals surface area contributed by atoms with Crippen molar-refractivity contribution >= 4 is 22.7 Å². The molecule has 0 aliphatic carbocycles. The molecule has 0 aliphatic rings. The Kier molecular flexibility index (Phi) is 5.44. The number of H-pyrrole nitrogens is 1. The molecule has 2 N–H and O–H groups in total. The van der Waals surface area contributed by atoms with E-state index in [9.17, 15) is 9.59 Å². The molecule has 3 aromatic rings. The van der Waals surface area contributed by atoms with Crippen molar-refractivity contribution in [1.82, 2.24) is 15.0 Å². The number of hydrogen-bond acceptors (Lipinski definition) is 6. The van der Waals surface area contributed by atoms with Crippen molar-refractivity contribution in [3.05, 3.63) is 63.8 Å². The van der Waals surface area contributed by atoms with E-state index in [0.717, 1.165) is 16.9 Å². The Morgan fingerprint density at radius 3 is 2.64 bits per heavy atom. The van der Waals surface area contributed by atoms with E-state index in [1.165, 1.54) is 0 Å². The zero-order valence-electron chi connectivity index (χ0n) is 16.5. The summed E-state index contributed by atoms with van der Waals surface area (Å²) in [6.45, 7) is 8.37. The molecular weight excluding hydrogens is 356 g/mol. The number of nitrogens with zero attached hydrogens (tertiary/aromatic N) is 2. The van der Waals surface area contributed by atoms with Crippen LogP contribution in [0.1, 0.15) is 49.7 Å². The SMILES string of the molecule is CCOC(=O)c1nc(NCc2cc(=O)c3ccccc3[nH]2)cc(C(C)(C)C)n1. The smallest absolute Gasteiger partial charge is 0.376 e. The van der Waals surface area contributed by atoms with Crippen LogP contribution in [0.15, 0.2) is 41.2 Å². The van der Waals surface area contributed by atoms with Crippen molar-refractivity contribution in [3.63, 3.8) is 0 Å². The number of nitrogens with one attached hydrogen (secondary N) is 2. The molecule has 7 heteroatoms. The van der Waals surface area contributed by atoms with Gasteiger partial charge < -0.3 is 15.0 Å². The van der Waals surface area contributed by atoms with Gasteiger partial charge in [0, 0.05) is 34.1 Å². The van der Waals surface area contributed by atoms with Gasteiger partial charge in [-0.25, -0.2) is 14.8 Å². The minimum Gasteiger partial charge on any atom is -0.460 e. The Balaban J connectivity index is 1.90. The van der Waals surface area contributed by atoms with E-state index in [-0.39, 0.29) is 23.3 Å². The van der Waals surface area contributed by atoms with Crippen LogP contribution in [0.3, 0.4) is 0 Å². The molecule has 2 aromatic heterocycles. The first-order chi connectivity index (χ1) is 13.3. The number of para-hydroxylation sites is 1. The molecule has 0 saturated heterocycles. The lowest BCUT2D eigenvalue weighted by Crippen LogP contribution is -2.20. The molecule has 146 valence electrons. The Bertz CT molecular complexity index is 1070. The van der Waals surface area contributed by atoms with Gasteiger partial charge in [-0.2, -0.15) is 0 Å². The van der Waals surface area contributed by atoms with Crippen molar-refractivity contribution in [2.24, 2.45) is 0 Å². The zero-order chi connectivity index (χ0) is 20.3. The number of aromatic nitrogens is 3. The molecule has 1 aromatic carbocycles. The maximum absolute atomic E-state index is 12.3. The molecule has 0 saturated carbocycles. The van der Waals surface area contributed by atoms with E-state index >= 15 is 0 Å². The number of pyridine rings is 1. The largest absolute Gasteiger partial charge is 0.460 e. The molecule has 0 aliphatic heterocycles. The van der Waals surface area contributed by atoms with Gasteiger partial charge in [-0.1, -0.05) is 32.9 Å². The number of benzene rings is 1. The number of ether oxygens (including phenoxy) is 1. The standard InChI is InChI=1S/C21H24N4O3/c1-5-28-20(27)19-24-17(21(2,3)4)11-18(25-19)22-12-13-10-16(26)14-8-6-7-9-15(14)23-13/h6-11H,5,12H2,1-4H3,(H,23,26)(H,22,24,25). The van der Waals surface area contributed by atoms with Gasteiger partial charge in [-0.3, -0.25) is 4.79 Å². The number of aromatic amines is 1. The van der Waals surface area contributed by atoms with Gasteiger partial charge in [0.25, 0.3) is 0 Å². The monoisotopic (exact) mass is 380 g/mol. The van der Waals surface area contributed by atoms with Crippen LogP contribution in [0.2, 0.25) is 0 Å². The Morgan fingerprint density at radius 2 is 1.93 bits per heavy atom. The van der Waals surface area contributed by atoms with Crippen LogP contribution in [-0.4, -0.2) is 27.5 Å². The summed E-state index contributed by atoms with van der Waals surface area (Å²) in [4.78, 5) is 36.3. The van der Waals surface area contributed by atoms with E-state index in [1.54, 1.807) is 19.1 Å². The quantitative estimate of drug-likeness (QED) is 0.659. The molecule has 28 heavy (non-hydrogen) atoms. The molecule has 0 radical (unpaired) electrons. The maximum Gasteiger partial charge on any atom is 0.376 e. The Labute approximate surface area is 163 Å². The number of rotatable bonds is 5. The van der Waals surface area contributed by atoms with E-state index in [0.29, 0.717) is 17.7 Å². The fourth-order valence-corrected chi connectivity index (χ4v) is 2.74. The van der Waals surface area contributed by atoms with Gasteiger partial charge in [0.05, 0.1) is 18.8 Å². The summed E-state index contributed by atoms with van der Waals surface area (Å²) in [7, 11) is 0. The highest BCUT2D eigenvalue weighted by atomic mass is 16.5. The highest BCUT2D eigenvalue weighted by Crippen LogP contribution is 2.23. The van der Waals surface area contributed by atoms with Crippen LogP contribution in [-0.2, 0) is 16.7 Å². The first-order valence-corrected chi connectivity index (χ1v) is 9.19. The fourth-order valence-electron chi connectivity index (χ4n) is 2.74. The van der Waals surface area contributed by atoms with Gasteiger partial charge in [-0.15, -0.1) is 0 Å². The summed E-state index contributed by atoms with van der Waals surface area (Å²) in [5.41, 5.74) is 1.91. The summed E-state index contributed by atoms with van der Waals surface area (Å²) in [5, 5.41) is 3.82. The van der Waals surface area contributed by atoms with Crippen molar-refractivity contribution < 1.29 is 9.53 Å². The molecule has 0 amide bonds. The minimum absolute atomic E-state index is 0.0174. The van der Waals surface area contributed by atoms with Gasteiger partial charge in [-0.05, 0) is 19.1 Å². The van der Waals surface area contributed by atoms with Gasteiger partial charge in [0.2, 0.25) is 5.82 Å². The van der Waals surface area contributed by atoms with Gasteiger partial charge in [0.15, 0.2) is 5.43 Å². The van der Waals surface area contributed by atoms with E-state index in [4.69, 9.17) is 4.74 Å². The maximum atomic E-state index is 12.3. The number of anilines is 1.